The largest absolute Gasteiger partial charge is 0.496 e. The van der Waals surface area contributed by atoms with E-state index < -0.39 is 26.8 Å². The Balaban J connectivity index is 1.68. The van der Waals surface area contributed by atoms with E-state index in [-0.39, 0.29) is 48.0 Å². The summed E-state index contributed by atoms with van der Waals surface area (Å²) in [5.41, 5.74) is 1.28. The second-order valence-corrected chi connectivity index (χ2v) is 9.37. The van der Waals surface area contributed by atoms with Crippen molar-refractivity contribution in [2.24, 2.45) is 5.92 Å². The lowest BCUT2D eigenvalue weighted by Crippen LogP contribution is -2.41. The number of hydrogen-bond acceptors (Lipinski definition) is 7. The molecular weight excluding hydrogens is 424 g/mol. The molecule has 1 heterocycles. The van der Waals surface area contributed by atoms with Crippen LogP contribution in [0.3, 0.4) is 0 Å². The highest BCUT2D eigenvalue weighted by Crippen LogP contribution is 2.33. The van der Waals surface area contributed by atoms with Crippen LogP contribution in [0.1, 0.15) is 24.0 Å². The number of methoxy groups -OCH3 is 1. The maximum absolute atomic E-state index is 13.0. The lowest BCUT2D eigenvalue weighted by Gasteiger charge is -2.30. The molecule has 0 aliphatic carbocycles. The fourth-order valence-electron chi connectivity index (χ4n) is 3.60. The van der Waals surface area contributed by atoms with E-state index in [4.69, 9.17) is 9.47 Å². The molecule has 0 atom stereocenters. The fraction of sp³-hybridized carbons (Fsp3) is 0.381. The second-order valence-electron chi connectivity index (χ2n) is 7.46. The molecule has 0 unspecified atom stereocenters. The Morgan fingerprint density at radius 1 is 1.13 bits per heavy atom. The summed E-state index contributed by atoms with van der Waals surface area (Å²) in [5.74, 6) is -1.05. The van der Waals surface area contributed by atoms with Crippen molar-refractivity contribution in [1.82, 2.24) is 4.31 Å². The maximum atomic E-state index is 13.0. The van der Waals surface area contributed by atoms with Gasteiger partial charge in [-0.3, -0.25) is 14.9 Å². The van der Waals surface area contributed by atoms with Crippen molar-refractivity contribution >= 4 is 21.7 Å². The number of ether oxygens (including phenoxy) is 2. The van der Waals surface area contributed by atoms with Gasteiger partial charge in [0, 0.05) is 13.1 Å². The average molecular weight is 448 g/mol. The van der Waals surface area contributed by atoms with Crippen LogP contribution in [0, 0.1) is 29.9 Å². The number of benzene rings is 2. The highest BCUT2D eigenvalue weighted by atomic mass is 32.2. The van der Waals surface area contributed by atoms with Gasteiger partial charge in [-0.25, -0.2) is 8.42 Å². The van der Waals surface area contributed by atoms with E-state index >= 15 is 0 Å². The summed E-state index contributed by atoms with van der Waals surface area (Å²) < 4.78 is 37.6. The van der Waals surface area contributed by atoms with E-state index in [0.29, 0.717) is 5.56 Å². The number of nitro groups is 1. The molecule has 0 N–H and O–H groups in total. The first kappa shape index (κ1) is 22.7. The zero-order valence-corrected chi connectivity index (χ0v) is 18.3. The topological polar surface area (TPSA) is 116 Å². The van der Waals surface area contributed by atoms with Crippen LogP contribution in [0.4, 0.5) is 5.69 Å². The lowest BCUT2D eigenvalue weighted by molar-refractivity contribution is -0.385. The van der Waals surface area contributed by atoms with E-state index in [1.54, 1.807) is 19.1 Å². The first-order valence-corrected chi connectivity index (χ1v) is 11.2. The van der Waals surface area contributed by atoms with Crippen molar-refractivity contribution in [3.63, 3.8) is 0 Å². The normalized spacial score (nSPS) is 15.5. The summed E-state index contributed by atoms with van der Waals surface area (Å²) in [6.07, 6.45) is 0.542. The number of nitro benzene ring substituents is 1. The van der Waals surface area contributed by atoms with Crippen LogP contribution in [0.15, 0.2) is 41.3 Å². The third kappa shape index (κ3) is 4.86. The minimum Gasteiger partial charge on any atom is -0.496 e. The molecule has 0 radical (unpaired) electrons. The maximum Gasteiger partial charge on any atom is 0.315 e. The van der Waals surface area contributed by atoms with Gasteiger partial charge in [-0.05, 0) is 50.5 Å². The Kier molecular flexibility index (Phi) is 6.61. The molecule has 166 valence electrons. The predicted octanol–water partition coefficient (Wildman–Crippen LogP) is 3.23. The number of hydrogen-bond donors (Lipinski definition) is 0. The molecule has 0 aromatic heterocycles. The number of rotatable bonds is 6. The van der Waals surface area contributed by atoms with E-state index in [1.165, 1.54) is 29.6 Å². The molecule has 0 spiro atoms. The van der Waals surface area contributed by atoms with Crippen molar-refractivity contribution in [2.75, 3.05) is 20.2 Å². The van der Waals surface area contributed by atoms with Gasteiger partial charge in [-0.2, -0.15) is 4.31 Å². The van der Waals surface area contributed by atoms with Crippen LogP contribution in [0.5, 0.6) is 11.5 Å². The molecule has 3 rings (SSSR count). The molecule has 2 aromatic carbocycles. The Hall–Kier alpha value is -2.98. The van der Waals surface area contributed by atoms with Gasteiger partial charge in [0.1, 0.15) is 5.75 Å². The van der Waals surface area contributed by atoms with Crippen molar-refractivity contribution in [2.45, 2.75) is 31.6 Å². The molecule has 31 heavy (non-hydrogen) atoms. The van der Waals surface area contributed by atoms with E-state index in [0.717, 1.165) is 5.56 Å². The molecule has 0 amide bonds. The van der Waals surface area contributed by atoms with Crippen molar-refractivity contribution < 1.29 is 27.6 Å². The number of carbonyl (C=O) groups is 1. The van der Waals surface area contributed by atoms with Crippen LogP contribution in [0.2, 0.25) is 0 Å². The van der Waals surface area contributed by atoms with Crippen LogP contribution >= 0.6 is 0 Å². The van der Waals surface area contributed by atoms with E-state index in [9.17, 15) is 23.3 Å². The summed E-state index contributed by atoms with van der Waals surface area (Å²) in [6, 6.07) is 9.14. The Morgan fingerprint density at radius 3 is 2.39 bits per heavy atom. The van der Waals surface area contributed by atoms with Gasteiger partial charge in [-0.1, -0.05) is 17.7 Å². The van der Waals surface area contributed by atoms with Gasteiger partial charge in [-0.15, -0.1) is 0 Å². The summed E-state index contributed by atoms with van der Waals surface area (Å²) in [4.78, 5) is 23.4. The van der Waals surface area contributed by atoms with Gasteiger partial charge in [0.25, 0.3) is 0 Å². The molecule has 1 aliphatic heterocycles. The summed E-state index contributed by atoms with van der Waals surface area (Å²) in [6.45, 7) is 3.99. The first-order valence-electron chi connectivity index (χ1n) is 9.75. The third-order valence-electron chi connectivity index (χ3n) is 5.31. The van der Waals surface area contributed by atoms with Crippen LogP contribution in [-0.4, -0.2) is 43.8 Å². The number of esters is 1. The smallest absolute Gasteiger partial charge is 0.315 e. The molecule has 1 aliphatic rings. The summed E-state index contributed by atoms with van der Waals surface area (Å²) in [5, 5.41) is 11.3. The Morgan fingerprint density at radius 2 is 1.81 bits per heavy atom. The highest BCUT2D eigenvalue weighted by Gasteiger charge is 2.34. The number of aryl methyl sites for hydroxylation is 2. The predicted molar refractivity (Wildman–Crippen MR) is 113 cm³/mol. The summed E-state index contributed by atoms with van der Waals surface area (Å²) >= 11 is 0. The van der Waals surface area contributed by atoms with E-state index in [1.807, 2.05) is 13.0 Å². The minimum atomic E-state index is -3.67. The molecule has 0 bridgehead atoms. The van der Waals surface area contributed by atoms with Gasteiger partial charge in [0.15, 0.2) is 0 Å². The number of piperidine rings is 1. The third-order valence-corrected chi connectivity index (χ3v) is 7.37. The van der Waals surface area contributed by atoms with Gasteiger partial charge >= 0.3 is 11.7 Å². The molecular formula is C21H24N2O7S. The molecule has 1 saturated heterocycles. The van der Waals surface area contributed by atoms with Crippen LogP contribution < -0.4 is 9.47 Å². The number of sulfonamides is 1. The Labute approximate surface area is 180 Å². The van der Waals surface area contributed by atoms with E-state index in [2.05, 4.69) is 0 Å². The van der Waals surface area contributed by atoms with Crippen molar-refractivity contribution in [1.29, 1.82) is 0 Å². The molecule has 0 saturated carbocycles. The van der Waals surface area contributed by atoms with Crippen LogP contribution in [-0.2, 0) is 14.8 Å². The minimum absolute atomic E-state index is 0.166. The van der Waals surface area contributed by atoms with Crippen molar-refractivity contribution in [3.8, 4) is 11.5 Å². The zero-order chi connectivity index (χ0) is 22.8. The quantitative estimate of drug-likeness (QED) is 0.288. The fourth-order valence-corrected chi connectivity index (χ4v) is 5.28. The molecule has 1 fully saturated rings. The first-order chi connectivity index (χ1) is 14.6. The van der Waals surface area contributed by atoms with Gasteiger partial charge < -0.3 is 9.47 Å². The average Bonchev–Trinajstić information content (AvgIpc) is 2.73. The lowest BCUT2D eigenvalue weighted by atomic mass is 9.98. The van der Waals surface area contributed by atoms with Gasteiger partial charge in [0.2, 0.25) is 15.8 Å². The molecule has 2 aromatic rings. The SMILES string of the molecule is COc1ccc(OC(=O)C2CCN(S(=O)(=O)c3ccc(C)cc3C)CC2)c([N+](=O)[O-])c1. The highest BCUT2D eigenvalue weighted by molar-refractivity contribution is 7.89. The second kappa shape index (κ2) is 9.03. The zero-order valence-electron chi connectivity index (χ0n) is 17.5. The number of nitrogens with zero attached hydrogens (tertiary/aromatic N) is 2. The monoisotopic (exact) mass is 448 g/mol. The Bertz CT molecular complexity index is 1110. The van der Waals surface area contributed by atoms with Crippen molar-refractivity contribution in [3.05, 3.63) is 57.6 Å². The number of carbonyl (C=O) groups excluding carboxylic acids is 1. The van der Waals surface area contributed by atoms with Crippen LogP contribution in [0.25, 0.3) is 0 Å². The van der Waals surface area contributed by atoms with Gasteiger partial charge in [0.05, 0.1) is 28.9 Å². The standard InChI is InChI=1S/C21H24N2O7S/c1-14-4-7-20(15(2)12-14)31(27,28)22-10-8-16(9-11-22)21(24)30-19-6-5-17(29-3)13-18(19)23(25)26/h4-7,12-13,16H,8-11H2,1-3H3. The summed E-state index contributed by atoms with van der Waals surface area (Å²) in [7, 11) is -2.29. The molecule has 9 nitrogen and oxygen atoms in total. The molecule has 10 heteroatoms.